The Bertz CT molecular complexity index is 622. The fraction of sp³-hybridized carbons (Fsp3) is 0.526. The topological polar surface area (TPSA) is 23.6 Å². The lowest BCUT2D eigenvalue weighted by atomic mass is 9.93. The van der Waals surface area contributed by atoms with Gasteiger partial charge in [-0.3, -0.25) is 9.69 Å². The zero-order chi connectivity index (χ0) is 15.8. The number of halogens is 1. The Labute approximate surface area is 136 Å². The Hall–Kier alpha value is -1.68. The zero-order valence-electron chi connectivity index (χ0n) is 13.3. The lowest BCUT2D eigenvalue weighted by Gasteiger charge is -2.37. The molecule has 2 bridgehead atoms. The number of piperazine rings is 1. The highest BCUT2D eigenvalue weighted by Gasteiger charge is 2.36. The van der Waals surface area contributed by atoms with Crippen molar-refractivity contribution in [3.63, 3.8) is 0 Å². The van der Waals surface area contributed by atoms with Gasteiger partial charge in [0.1, 0.15) is 5.82 Å². The summed E-state index contributed by atoms with van der Waals surface area (Å²) in [6.07, 6.45) is 7.48. The van der Waals surface area contributed by atoms with Gasteiger partial charge in [0.25, 0.3) is 5.91 Å². The molecule has 4 heteroatoms. The number of rotatable bonds is 3. The summed E-state index contributed by atoms with van der Waals surface area (Å²) in [6, 6.07) is 6.00. The van der Waals surface area contributed by atoms with Gasteiger partial charge in [-0.25, -0.2) is 4.39 Å². The minimum Gasteiger partial charge on any atom is -0.336 e. The third-order valence-electron chi connectivity index (χ3n) is 5.64. The average molecular weight is 314 g/mol. The predicted octanol–water partition coefficient (Wildman–Crippen LogP) is 2.80. The van der Waals surface area contributed by atoms with Crippen molar-refractivity contribution in [3.8, 4) is 0 Å². The molecule has 0 spiro atoms. The molecule has 23 heavy (non-hydrogen) atoms. The summed E-state index contributed by atoms with van der Waals surface area (Å²) in [5, 5.41) is 0. The van der Waals surface area contributed by atoms with E-state index in [1.165, 1.54) is 25.0 Å². The summed E-state index contributed by atoms with van der Waals surface area (Å²) < 4.78 is 13.3. The standard InChI is InChI=1S/C19H23FN2O/c20-18-3-1-2-16(12-18)19(23)22-8-6-21(7-9-22)13-17-11-14-4-5-15(17)10-14/h1-5,12,14-15,17H,6-11,13H2/t14-,15-,17+/m0/s1. The molecule has 0 aromatic heterocycles. The van der Waals surface area contributed by atoms with Crippen LogP contribution in [0.2, 0.25) is 0 Å². The molecule has 4 rings (SSSR count). The van der Waals surface area contributed by atoms with Crippen LogP contribution in [0.5, 0.6) is 0 Å². The van der Waals surface area contributed by atoms with Crippen LogP contribution in [0.1, 0.15) is 23.2 Å². The van der Waals surface area contributed by atoms with Crippen molar-refractivity contribution < 1.29 is 9.18 Å². The highest BCUT2D eigenvalue weighted by Crippen LogP contribution is 2.43. The Kier molecular flexibility index (Phi) is 3.93. The molecule has 1 aromatic carbocycles. The first-order chi connectivity index (χ1) is 11.2. The van der Waals surface area contributed by atoms with Gasteiger partial charge >= 0.3 is 0 Å². The van der Waals surface area contributed by atoms with Crippen LogP contribution in [0.3, 0.4) is 0 Å². The summed E-state index contributed by atoms with van der Waals surface area (Å²) in [5.74, 6) is 2.01. The van der Waals surface area contributed by atoms with Crippen LogP contribution in [-0.2, 0) is 0 Å². The van der Waals surface area contributed by atoms with E-state index in [9.17, 15) is 9.18 Å². The number of carbonyl (C=O) groups excluding carboxylic acids is 1. The van der Waals surface area contributed by atoms with E-state index in [1.807, 2.05) is 4.90 Å². The average Bonchev–Trinajstić information content (AvgIpc) is 3.18. The SMILES string of the molecule is O=C(c1cccc(F)c1)N1CCN(C[C@H]2C[C@H]3C=C[C@H]2C3)CC1. The van der Waals surface area contributed by atoms with Crippen LogP contribution in [0.25, 0.3) is 0 Å². The molecule has 3 atom stereocenters. The van der Waals surface area contributed by atoms with E-state index in [4.69, 9.17) is 0 Å². The third kappa shape index (κ3) is 3.05. The van der Waals surface area contributed by atoms with Crippen molar-refractivity contribution in [1.82, 2.24) is 9.80 Å². The number of carbonyl (C=O) groups is 1. The second kappa shape index (κ2) is 6.08. The third-order valence-corrected chi connectivity index (χ3v) is 5.64. The predicted molar refractivity (Wildman–Crippen MR) is 87.6 cm³/mol. The van der Waals surface area contributed by atoms with Crippen LogP contribution in [0, 0.1) is 23.6 Å². The molecule has 2 fully saturated rings. The molecule has 2 aliphatic carbocycles. The van der Waals surface area contributed by atoms with Crippen LogP contribution in [0.15, 0.2) is 36.4 Å². The number of nitrogens with zero attached hydrogens (tertiary/aromatic N) is 2. The van der Waals surface area contributed by atoms with Crippen molar-refractivity contribution in [2.75, 3.05) is 32.7 Å². The number of hydrogen-bond donors (Lipinski definition) is 0. The first kappa shape index (κ1) is 14.9. The summed E-state index contributed by atoms with van der Waals surface area (Å²) in [4.78, 5) is 16.8. The van der Waals surface area contributed by atoms with E-state index in [0.717, 1.165) is 50.5 Å². The van der Waals surface area contributed by atoms with Crippen LogP contribution in [-0.4, -0.2) is 48.4 Å². The van der Waals surface area contributed by atoms with Crippen molar-refractivity contribution in [2.45, 2.75) is 12.8 Å². The van der Waals surface area contributed by atoms with Crippen molar-refractivity contribution >= 4 is 5.91 Å². The number of fused-ring (bicyclic) bond motifs is 2. The maximum Gasteiger partial charge on any atom is 0.254 e. The Morgan fingerprint density at radius 1 is 1.13 bits per heavy atom. The molecule has 3 aliphatic rings. The largest absolute Gasteiger partial charge is 0.336 e. The van der Waals surface area contributed by atoms with Crippen molar-refractivity contribution in [1.29, 1.82) is 0 Å². The molecule has 1 saturated carbocycles. The van der Waals surface area contributed by atoms with E-state index in [1.54, 1.807) is 12.1 Å². The second-order valence-electron chi connectivity index (χ2n) is 7.14. The maximum absolute atomic E-state index is 13.3. The smallest absolute Gasteiger partial charge is 0.254 e. The quantitative estimate of drug-likeness (QED) is 0.801. The second-order valence-corrected chi connectivity index (χ2v) is 7.14. The summed E-state index contributed by atoms with van der Waals surface area (Å²) >= 11 is 0. The molecule has 1 amide bonds. The van der Waals surface area contributed by atoms with Gasteiger partial charge in [-0.15, -0.1) is 0 Å². The molecule has 0 unspecified atom stereocenters. The minimum atomic E-state index is -0.348. The highest BCUT2D eigenvalue weighted by atomic mass is 19.1. The van der Waals surface area contributed by atoms with Gasteiger partial charge in [0.05, 0.1) is 0 Å². The first-order valence-corrected chi connectivity index (χ1v) is 8.64. The molecule has 1 saturated heterocycles. The van der Waals surface area contributed by atoms with E-state index in [2.05, 4.69) is 17.1 Å². The molecule has 122 valence electrons. The molecule has 0 radical (unpaired) electrons. The van der Waals surface area contributed by atoms with Gasteiger partial charge in [0.15, 0.2) is 0 Å². The van der Waals surface area contributed by atoms with Gasteiger partial charge in [0.2, 0.25) is 0 Å². The van der Waals surface area contributed by atoms with Crippen LogP contribution in [0.4, 0.5) is 4.39 Å². The Morgan fingerprint density at radius 3 is 2.61 bits per heavy atom. The molecule has 1 aromatic rings. The highest BCUT2D eigenvalue weighted by molar-refractivity contribution is 5.94. The van der Waals surface area contributed by atoms with Crippen LogP contribution >= 0.6 is 0 Å². The number of allylic oxidation sites excluding steroid dienone is 2. The molecule has 0 N–H and O–H groups in total. The van der Waals surface area contributed by atoms with E-state index < -0.39 is 0 Å². The summed E-state index contributed by atoms with van der Waals surface area (Å²) in [6.45, 7) is 4.50. The lowest BCUT2D eigenvalue weighted by molar-refractivity contribution is 0.0609. The van der Waals surface area contributed by atoms with E-state index in [-0.39, 0.29) is 11.7 Å². The van der Waals surface area contributed by atoms with Gasteiger partial charge < -0.3 is 4.90 Å². The lowest BCUT2D eigenvalue weighted by Crippen LogP contribution is -2.50. The van der Waals surface area contributed by atoms with Crippen molar-refractivity contribution in [3.05, 3.63) is 47.8 Å². The van der Waals surface area contributed by atoms with Gasteiger partial charge in [0, 0.05) is 38.3 Å². The fourth-order valence-corrected chi connectivity index (χ4v) is 4.37. The zero-order valence-corrected chi connectivity index (χ0v) is 13.3. The van der Waals surface area contributed by atoms with Crippen molar-refractivity contribution in [2.24, 2.45) is 17.8 Å². The normalized spacial score (nSPS) is 30.1. The molecule has 1 aliphatic heterocycles. The number of hydrogen-bond acceptors (Lipinski definition) is 2. The number of amides is 1. The minimum absolute atomic E-state index is 0.0491. The first-order valence-electron chi connectivity index (χ1n) is 8.64. The molecular weight excluding hydrogens is 291 g/mol. The van der Waals surface area contributed by atoms with Gasteiger partial charge in [-0.1, -0.05) is 18.2 Å². The molecule has 3 nitrogen and oxygen atoms in total. The summed E-state index contributed by atoms with van der Waals surface area (Å²) in [5.41, 5.74) is 0.455. The number of benzene rings is 1. The van der Waals surface area contributed by atoms with Crippen LogP contribution < -0.4 is 0 Å². The molecule has 1 heterocycles. The van der Waals surface area contributed by atoms with Gasteiger partial charge in [-0.05, 0) is 48.8 Å². The van der Waals surface area contributed by atoms with E-state index >= 15 is 0 Å². The summed E-state index contributed by atoms with van der Waals surface area (Å²) in [7, 11) is 0. The monoisotopic (exact) mass is 314 g/mol. The van der Waals surface area contributed by atoms with E-state index in [0.29, 0.717) is 5.56 Å². The Morgan fingerprint density at radius 2 is 1.96 bits per heavy atom. The van der Waals surface area contributed by atoms with Gasteiger partial charge in [-0.2, -0.15) is 0 Å². The fourth-order valence-electron chi connectivity index (χ4n) is 4.37. The maximum atomic E-state index is 13.3. The Balaban J connectivity index is 1.30. The molecular formula is C19H23FN2O.